The maximum Gasteiger partial charge on any atom is 0.264 e. The Kier molecular flexibility index (Phi) is 3.97. The van der Waals surface area contributed by atoms with Gasteiger partial charge in [0.05, 0.1) is 12.9 Å². The summed E-state index contributed by atoms with van der Waals surface area (Å²) >= 11 is 5.84. The van der Waals surface area contributed by atoms with E-state index >= 15 is 0 Å². The third kappa shape index (κ3) is 2.21. The van der Waals surface area contributed by atoms with Crippen LogP contribution in [0.4, 0.5) is 0 Å². The minimum atomic E-state index is -3.70. The van der Waals surface area contributed by atoms with Crippen LogP contribution in [0.1, 0.15) is 6.92 Å². The second-order valence-electron chi connectivity index (χ2n) is 3.09. The quantitative estimate of drug-likeness (QED) is 0.751. The monoisotopic (exact) mass is 261 g/mol. The van der Waals surface area contributed by atoms with Crippen LogP contribution in [0.15, 0.2) is 11.4 Å². The highest BCUT2D eigenvalue weighted by atomic mass is 35.5. The Morgan fingerprint density at radius 3 is 2.69 bits per heavy atom. The number of nitrogens with zero attached hydrogens (tertiary/aromatic N) is 3. The van der Waals surface area contributed by atoms with Crippen LogP contribution in [0, 0.1) is 12.3 Å². The molecule has 16 heavy (non-hydrogen) atoms. The molecule has 5 nitrogen and oxygen atoms in total. The summed E-state index contributed by atoms with van der Waals surface area (Å²) in [4.78, 5) is 3.77. The zero-order chi connectivity index (χ0) is 12.3. The largest absolute Gasteiger partial charge is 0.324 e. The van der Waals surface area contributed by atoms with Crippen molar-refractivity contribution in [3.8, 4) is 12.3 Å². The van der Waals surface area contributed by atoms with Crippen molar-refractivity contribution in [2.24, 2.45) is 7.05 Å². The molecule has 0 saturated heterocycles. The molecule has 1 aromatic heterocycles. The summed E-state index contributed by atoms with van der Waals surface area (Å²) in [6.45, 7) is 1.98. The minimum absolute atomic E-state index is 0.00569. The molecule has 0 atom stereocenters. The summed E-state index contributed by atoms with van der Waals surface area (Å²) in [5.74, 6) is 2.29. The maximum atomic E-state index is 12.1. The van der Waals surface area contributed by atoms with E-state index in [2.05, 4.69) is 10.9 Å². The van der Waals surface area contributed by atoms with Crippen molar-refractivity contribution in [3.05, 3.63) is 11.5 Å². The summed E-state index contributed by atoms with van der Waals surface area (Å²) in [6.07, 6.45) is 6.45. The Morgan fingerprint density at radius 2 is 2.31 bits per heavy atom. The van der Waals surface area contributed by atoms with E-state index in [1.807, 2.05) is 0 Å². The second kappa shape index (κ2) is 4.87. The van der Waals surface area contributed by atoms with E-state index in [0.29, 0.717) is 0 Å². The van der Waals surface area contributed by atoms with Crippen molar-refractivity contribution in [2.75, 3.05) is 13.1 Å². The summed E-state index contributed by atoms with van der Waals surface area (Å²) in [5.41, 5.74) is 0. The molecule has 0 bridgehead atoms. The van der Waals surface area contributed by atoms with Crippen LogP contribution in [0.2, 0.25) is 5.15 Å². The number of hydrogen-bond acceptors (Lipinski definition) is 3. The first-order chi connectivity index (χ1) is 7.45. The van der Waals surface area contributed by atoms with Crippen LogP contribution in [0.5, 0.6) is 0 Å². The molecule has 0 radical (unpaired) electrons. The lowest BCUT2D eigenvalue weighted by molar-refractivity contribution is 0.461. The van der Waals surface area contributed by atoms with Gasteiger partial charge in [0.25, 0.3) is 10.0 Å². The van der Waals surface area contributed by atoms with E-state index in [1.54, 1.807) is 14.0 Å². The number of sulfonamides is 1. The van der Waals surface area contributed by atoms with Gasteiger partial charge < -0.3 is 4.57 Å². The van der Waals surface area contributed by atoms with Gasteiger partial charge in [-0.1, -0.05) is 24.4 Å². The van der Waals surface area contributed by atoms with Gasteiger partial charge in [-0.05, 0) is 0 Å². The molecule has 0 fully saturated rings. The molecule has 1 aromatic rings. The average Bonchev–Trinajstić information content (AvgIpc) is 2.56. The highest BCUT2D eigenvalue weighted by Gasteiger charge is 2.28. The minimum Gasteiger partial charge on any atom is -0.324 e. The lowest BCUT2D eigenvalue weighted by atomic mass is 10.6. The Labute approximate surface area is 100 Å². The summed E-state index contributed by atoms with van der Waals surface area (Å²) < 4.78 is 26.7. The van der Waals surface area contributed by atoms with Gasteiger partial charge >= 0.3 is 0 Å². The van der Waals surface area contributed by atoms with Crippen molar-refractivity contribution in [3.63, 3.8) is 0 Å². The normalized spacial score (nSPS) is 11.7. The first-order valence-corrected chi connectivity index (χ1v) is 6.37. The van der Waals surface area contributed by atoms with E-state index in [9.17, 15) is 8.42 Å². The lowest BCUT2D eigenvalue weighted by Crippen LogP contribution is -2.31. The molecule has 1 heterocycles. The number of aromatic nitrogens is 2. The van der Waals surface area contributed by atoms with Gasteiger partial charge in [0.15, 0.2) is 0 Å². The maximum absolute atomic E-state index is 12.1. The molecule has 0 aliphatic carbocycles. The van der Waals surface area contributed by atoms with E-state index < -0.39 is 10.0 Å². The standard InChI is InChI=1S/C9H12ClN3O2S/c1-4-6-13(5-2)16(14,15)9-8(10)12(3)7-11-9/h1,7H,5-6H2,2-3H3. The zero-order valence-corrected chi connectivity index (χ0v) is 10.6. The third-order valence-electron chi connectivity index (χ3n) is 2.04. The molecule has 0 aliphatic rings. The number of hydrogen-bond donors (Lipinski definition) is 0. The van der Waals surface area contributed by atoms with Crippen LogP contribution in [0.25, 0.3) is 0 Å². The summed E-state index contributed by atoms with van der Waals surface area (Å²) in [5, 5.41) is -0.0794. The van der Waals surface area contributed by atoms with Gasteiger partial charge in [-0.3, -0.25) is 0 Å². The number of halogens is 1. The Hall–Kier alpha value is -1.03. The van der Waals surface area contributed by atoms with Crippen molar-refractivity contribution in [1.29, 1.82) is 0 Å². The molecule has 0 spiro atoms. The topological polar surface area (TPSA) is 55.2 Å². The van der Waals surface area contributed by atoms with Gasteiger partial charge in [-0.15, -0.1) is 6.42 Å². The van der Waals surface area contributed by atoms with Crippen LogP contribution >= 0.6 is 11.6 Å². The van der Waals surface area contributed by atoms with E-state index in [0.717, 1.165) is 4.31 Å². The fraction of sp³-hybridized carbons (Fsp3) is 0.444. The zero-order valence-electron chi connectivity index (χ0n) is 9.01. The molecule has 88 valence electrons. The first kappa shape index (κ1) is 13.0. The Morgan fingerprint density at radius 1 is 1.69 bits per heavy atom. The van der Waals surface area contributed by atoms with Crippen LogP contribution < -0.4 is 0 Å². The third-order valence-corrected chi connectivity index (χ3v) is 4.45. The van der Waals surface area contributed by atoms with Gasteiger partial charge in [0.1, 0.15) is 5.15 Å². The SMILES string of the molecule is C#CCN(CC)S(=O)(=O)c1ncn(C)c1Cl. The van der Waals surface area contributed by atoms with E-state index in [1.165, 1.54) is 10.9 Å². The van der Waals surface area contributed by atoms with Crippen molar-refractivity contribution in [2.45, 2.75) is 11.9 Å². The van der Waals surface area contributed by atoms with E-state index in [4.69, 9.17) is 18.0 Å². The van der Waals surface area contributed by atoms with Crippen molar-refractivity contribution >= 4 is 21.6 Å². The highest BCUT2D eigenvalue weighted by Crippen LogP contribution is 2.21. The number of imidazole rings is 1. The fourth-order valence-corrected chi connectivity index (χ4v) is 2.91. The number of aryl methyl sites for hydroxylation is 1. The van der Waals surface area contributed by atoms with Crippen LogP contribution in [-0.2, 0) is 17.1 Å². The smallest absolute Gasteiger partial charge is 0.264 e. The van der Waals surface area contributed by atoms with Gasteiger partial charge in [-0.2, -0.15) is 4.31 Å². The molecule has 0 N–H and O–H groups in total. The van der Waals surface area contributed by atoms with Crippen molar-refractivity contribution < 1.29 is 8.42 Å². The predicted octanol–water partition coefficient (Wildman–Crippen LogP) is 0.717. The fourth-order valence-electron chi connectivity index (χ4n) is 1.16. The first-order valence-electron chi connectivity index (χ1n) is 4.55. The Bertz CT molecular complexity index is 515. The average molecular weight is 262 g/mol. The summed E-state index contributed by atoms with van der Waals surface area (Å²) in [6, 6.07) is 0. The molecular weight excluding hydrogens is 250 g/mol. The molecular formula is C9H12ClN3O2S. The second-order valence-corrected chi connectivity index (χ2v) is 5.30. The van der Waals surface area contributed by atoms with Crippen LogP contribution in [0.3, 0.4) is 0 Å². The van der Waals surface area contributed by atoms with Crippen molar-refractivity contribution in [1.82, 2.24) is 13.9 Å². The van der Waals surface area contributed by atoms with Gasteiger partial charge in [0.2, 0.25) is 5.03 Å². The molecule has 0 aliphatic heterocycles. The lowest BCUT2D eigenvalue weighted by Gasteiger charge is -2.16. The number of rotatable bonds is 4. The molecule has 0 aromatic carbocycles. The molecule has 7 heteroatoms. The van der Waals surface area contributed by atoms with Gasteiger partial charge in [-0.25, -0.2) is 13.4 Å². The highest BCUT2D eigenvalue weighted by molar-refractivity contribution is 7.89. The van der Waals surface area contributed by atoms with Gasteiger partial charge in [0, 0.05) is 13.6 Å². The molecule has 1 rings (SSSR count). The van der Waals surface area contributed by atoms with Crippen LogP contribution in [-0.4, -0.2) is 35.4 Å². The Balaban J connectivity index is 3.21. The number of terminal acetylenes is 1. The predicted molar refractivity (Wildman–Crippen MR) is 61.5 cm³/mol. The molecule has 0 saturated carbocycles. The summed E-state index contributed by atoms with van der Waals surface area (Å²) in [7, 11) is -2.08. The van der Waals surface area contributed by atoms with E-state index in [-0.39, 0.29) is 23.3 Å². The molecule has 0 unspecified atom stereocenters. The molecule has 0 amide bonds.